The van der Waals surface area contributed by atoms with Gasteiger partial charge in [0.05, 0.1) is 25.8 Å². The average molecular weight is 531 g/mol. The van der Waals surface area contributed by atoms with Crippen molar-refractivity contribution in [2.24, 2.45) is 0 Å². The van der Waals surface area contributed by atoms with Crippen LogP contribution < -0.4 is 14.2 Å². The molecule has 1 heterocycles. The summed E-state index contributed by atoms with van der Waals surface area (Å²) in [4.78, 5) is 31.0. The van der Waals surface area contributed by atoms with E-state index in [2.05, 4.69) is 12.1 Å². The van der Waals surface area contributed by atoms with Crippen LogP contribution in [0.15, 0.2) is 72.8 Å². The number of ether oxygens (including phenoxy) is 3. The number of nitrogens with zero attached hydrogens (tertiary/aromatic N) is 2. The van der Waals surface area contributed by atoms with Crippen molar-refractivity contribution < 1.29 is 23.8 Å². The fraction of sp³-hybridized carbons (Fsp3) is 0.375. The molecular weight excluding hydrogens is 492 g/mol. The molecule has 0 radical (unpaired) electrons. The Labute approximate surface area is 231 Å². The second-order valence-electron chi connectivity index (χ2n) is 9.86. The van der Waals surface area contributed by atoms with Gasteiger partial charge in [-0.05, 0) is 55.2 Å². The van der Waals surface area contributed by atoms with Gasteiger partial charge >= 0.3 is 0 Å². The second-order valence-corrected chi connectivity index (χ2v) is 9.86. The lowest BCUT2D eigenvalue weighted by atomic mass is 10.0. The summed E-state index contributed by atoms with van der Waals surface area (Å²) in [5.41, 5.74) is 2.18. The summed E-state index contributed by atoms with van der Waals surface area (Å²) in [6.45, 7) is 1.53. The summed E-state index contributed by atoms with van der Waals surface area (Å²) < 4.78 is 17.2. The minimum absolute atomic E-state index is 0.0551. The zero-order chi connectivity index (χ0) is 27.6. The maximum Gasteiger partial charge on any atom is 0.257 e. The SMILES string of the molecule is COc1ccc(C(=O)N2CCCCCCN(C)C(=O)c3ccccc3OC[C@H]2Cc2ccccc2)cc1OC. The fourth-order valence-electron chi connectivity index (χ4n) is 4.98. The Morgan fingerprint density at radius 3 is 2.31 bits per heavy atom. The Morgan fingerprint density at radius 1 is 0.872 bits per heavy atom. The van der Waals surface area contributed by atoms with Crippen molar-refractivity contribution in [3.05, 3.63) is 89.5 Å². The number of fused-ring (bicyclic) bond motifs is 1. The van der Waals surface area contributed by atoms with Gasteiger partial charge in [0.1, 0.15) is 12.4 Å². The summed E-state index contributed by atoms with van der Waals surface area (Å²) in [7, 11) is 4.98. The van der Waals surface area contributed by atoms with Gasteiger partial charge in [0.25, 0.3) is 11.8 Å². The molecular formula is C32H38N2O5. The third-order valence-electron chi connectivity index (χ3n) is 7.18. The first-order valence-electron chi connectivity index (χ1n) is 13.6. The molecule has 2 amide bonds. The molecule has 0 aliphatic carbocycles. The number of para-hydroxylation sites is 1. The van der Waals surface area contributed by atoms with Crippen molar-refractivity contribution in [1.29, 1.82) is 0 Å². The van der Waals surface area contributed by atoms with Gasteiger partial charge in [-0.1, -0.05) is 55.3 Å². The molecule has 39 heavy (non-hydrogen) atoms. The quantitative estimate of drug-likeness (QED) is 0.437. The number of rotatable bonds is 5. The molecule has 7 heteroatoms. The summed E-state index contributed by atoms with van der Waals surface area (Å²) in [6, 6.07) is 22.5. The van der Waals surface area contributed by atoms with Crippen molar-refractivity contribution in [2.75, 3.05) is 41.0 Å². The van der Waals surface area contributed by atoms with E-state index in [1.165, 1.54) is 0 Å². The van der Waals surface area contributed by atoms with Gasteiger partial charge in [0.15, 0.2) is 11.5 Å². The summed E-state index contributed by atoms with van der Waals surface area (Å²) in [5, 5.41) is 0. The highest BCUT2D eigenvalue weighted by atomic mass is 16.5. The summed E-state index contributed by atoms with van der Waals surface area (Å²) >= 11 is 0. The molecule has 0 aromatic heterocycles. The molecule has 0 saturated carbocycles. The molecule has 0 unspecified atom stereocenters. The van der Waals surface area contributed by atoms with E-state index in [0.717, 1.165) is 31.2 Å². The first-order chi connectivity index (χ1) is 19.0. The molecule has 0 saturated heterocycles. The molecule has 0 bridgehead atoms. The van der Waals surface area contributed by atoms with Crippen LogP contribution in [0.25, 0.3) is 0 Å². The zero-order valence-corrected chi connectivity index (χ0v) is 23.1. The predicted octanol–water partition coefficient (Wildman–Crippen LogP) is 5.48. The van der Waals surface area contributed by atoms with Crippen LogP contribution in [0.2, 0.25) is 0 Å². The van der Waals surface area contributed by atoms with E-state index in [4.69, 9.17) is 14.2 Å². The van der Waals surface area contributed by atoms with Gasteiger partial charge in [0, 0.05) is 25.7 Å². The number of carbonyl (C=O) groups is 2. The standard InChI is InChI=1S/C32H38N2O5/c1-33-19-11-4-5-12-20-34(31(35)25-17-18-29(37-2)30(22-25)38-3)26(21-24-13-7-6-8-14-24)23-39-28-16-10-9-15-27(28)32(33)36/h6-10,13-18,22,26H,4-5,11-12,19-21,23H2,1-3H3/t26-/m1/s1. The Morgan fingerprint density at radius 2 is 1.56 bits per heavy atom. The Balaban J connectivity index is 1.70. The zero-order valence-electron chi connectivity index (χ0n) is 23.1. The monoisotopic (exact) mass is 530 g/mol. The maximum absolute atomic E-state index is 14.1. The van der Waals surface area contributed by atoms with Crippen LogP contribution in [0.1, 0.15) is 52.0 Å². The summed E-state index contributed by atoms with van der Waals surface area (Å²) in [5.74, 6) is 1.48. The van der Waals surface area contributed by atoms with Gasteiger partial charge in [-0.2, -0.15) is 0 Å². The number of methoxy groups -OCH3 is 2. The number of hydrogen-bond donors (Lipinski definition) is 0. The van der Waals surface area contributed by atoms with Crippen LogP contribution >= 0.6 is 0 Å². The predicted molar refractivity (Wildman–Crippen MR) is 152 cm³/mol. The topological polar surface area (TPSA) is 68.3 Å². The molecule has 0 spiro atoms. The minimum atomic E-state index is -0.253. The molecule has 7 nitrogen and oxygen atoms in total. The average Bonchev–Trinajstić information content (AvgIpc) is 2.98. The van der Waals surface area contributed by atoms with Crippen LogP contribution in [-0.2, 0) is 6.42 Å². The van der Waals surface area contributed by atoms with Gasteiger partial charge in [-0.25, -0.2) is 0 Å². The smallest absolute Gasteiger partial charge is 0.257 e. The van der Waals surface area contributed by atoms with E-state index in [1.54, 1.807) is 43.4 Å². The lowest BCUT2D eigenvalue weighted by Gasteiger charge is -2.33. The van der Waals surface area contributed by atoms with Crippen molar-refractivity contribution in [3.63, 3.8) is 0 Å². The number of hydrogen-bond acceptors (Lipinski definition) is 5. The van der Waals surface area contributed by atoms with E-state index in [9.17, 15) is 9.59 Å². The molecule has 0 N–H and O–H groups in total. The lowest BCUT2D eigenvalue weighted by molar-refractivity contribution is 0.0599. The Kier molecular flexibility index (Phi) is 9.84. The van der Waals surface area contributed by atoms with Crippen LogP contribution in [0.3, 0.4) is 0 Å². The highest BCUT2D eigenvalue weighted by Gasteiger charge is 2.27. The van der Waals surface area contributed by atoms with Crippen LogP contribution in [-0.4, -0.2) is 68.6 Å². The highest BCUT2D eigenvalue weighted by Crippen LogP contribution is 2.29. The van der Waals surface area contributed by atoms with Crippen molar-refractivity contribution >= 4 is 11.8 Å². The van der Waals surface area contributed by atoms with Gasteiger partial charge in [0.2, 0.25) is 0 Å². The first-order valence-corrected chi connectivity index (χ1v) is 13.6. The molecule has 3 aromatic carbocycles. The van der Waals surface area contributed by atoms with Crippen molar-refractivity contribution in [2.45, 2.75) is 38.1 Å². The molecule has 1 aliphatic heterocycles. The minimum Gasteiger partial charge on any atom is -0.493 e. The van der Waals surface area contributed by atoms with E-state index in [-0.39, 0.29) is 24.5 Å². The third kappa shape index (κ3) is 7.11. The van der Waals surface area contributed by atoms with Crippen molar-refractivity contribution in [1.82, 2.24) is 9.80 Å². The van der Waals surface area contributed by atoms with Crippen LogP contribution in [0, 0.1) is 0 Å². The number of benzene rings is 3. The number of amides is 2. The van der Waals surface area contributed by atoms with Gasteiger partial charge < -0.3 is 24.0 Å². The van der Waals surface area contributed by atoms with Crippen LogP contribution in [0.5, 0.6) is 17.2 Å². The molecule has 4 rings (SSSR count). The Bertz CT molecular complexity index is 1250. The maximum atomic E-state index is 14.1. The molecule has 0 fully saturated rings. The molecule has 3 aromatic rings. The summed E-state index contributed by atoms with van der Waals surface area (Å²) in [6.07, 6.45) is 4.33. The van der Waals surface area contributed by atoms with E-state index >= 15 is 0 Å². The van der Waals surface area contributed by atoms with E-state index < -0.39 is 0 Å². The highest BCUT2D eigenvalue weighted by molar-refractivity contribution is 5.97. The second kappa shape index (κ2) is 13.7. The van der Waals surface area contributed by atoms with Crippen LogP contribution in [0.4, 0.5) is 0 Å². The Hall–Kier alpha value is -4.00. The molecule has 1 aliphatic rings. The third-order valence-corrected chi connectivity index (χ3v) is 7.18. The molecule has 1 atom stereocenters. The van der Waals surface area contributed by atoms with E-state index in [0.29, 0.717) is 47.9 Å². The largest absolute Gasteiger partial charge is 0.493 e. The van der Waals surface area contributed by atoms with Gasteiger partial charge in [-0.15, -0.1) is 0 Å². The lowest BCUT2D eigenvalue weighted by Crippen LogP contribution is -2.45. The fourth-order valence-corrected chi connectivity index (χ4v) is 4.98. The molecule has 206 valence electrons. The van der Waals surface area contributed by atoms with Gasteiger partial charge in [-0.3, -0.25) is 9.59 Å². The van der Waals surface area contributed by atoms with E-state index in [1.807, 2.05) is 48.3 Å². The first kappa shape index (κ1) is 28.0. The van der Waals surface area contributed by atoms with Crippen molar-refractivity contribution in [3.8, 4) is 17.2 Å². The normalized spacial score (nSPS) is 17.0. The number of carbonyl (C=O) groups excluding carboxylic acids is 2.